The summed E-state index contributed by atoms with van der Waals surface area (Å²) in [5.74, 6) is 0.199. The van der Waals surface area contributed by atoms with Crippen LogP contribution in [0.3, 0.4) is 0 Å². The van der Waals surface area contributed by atoms with Crippen LogP contribution in [0.2, 0.25) is 0 Å². The molecule has 23 heavy (non-hydrogen) atoms. The van der Waals surface area contributed by atoms with Crippen molar-refractivity contribution in [2.45, 2.75) is 44.8 Å². The molecule has 7 heteroatoms. The Labute approximate surface area is 131 Å². The first kappa shape index (κ1) is 15.8. The minimum atomic E-state index is -4.30. The Kier molecular flexibility index (Phi) is 4.04. The normalized spacial score (nSPS) is 18.8. The minimum absolute atomic E-state index is 0.261. The third-order valence-electron chi connectivity index (χ3n) is 4.17. The first-order valence-electron chi connectivity index (χ1n) is 7.66. The number of aryl methyl sites for hydroxylation is 1. The molecule has 0 aliphatic carbocycles. The number of alkyl halides is 3. The quantitative estimate of drug-likeness (QED) is 0.931. The van der Waals surface area contributed by atoms with Gasteiger partial charge in [-0.2, -0.15) is 13.2 Å². The summed E-state index contributed by atoms with van der Waals surface area (Å²) in [6, 6.07) is 5.56. The van der Waals surface area contributed by atoms with E-state index in [2.05, 4.69) is 9.97 Å². The Hall–Kier alpha value is -2.05. The number of amides is 1. The van der Waals surface area contributed by atoms with Gasteiger partial charge in [-0.3, -0.25) is 4.79 Å². The molecule has 2 aromatic rings. The second-order valence-corrected chi connectivity index (χ2v) is 6.00. The molecular formula is C16H18F3N3O. The zero-order valence-electron chi connectivity index (χ0n) is 12.8. The Bertz CT molecular complexity index is 723. The molecule has 1 amide bonds. The molecule has 1 aromatic heterocycles. The van der Waals surface area contributed by atoms with E-state index in [1.54, 1.807) is 0 Å². The summed E-state index contributed by atoms with van der Waals surface area (Å²) in [5, 5.41) is 0. The van der Waals surface area contributed by atoms with E-state index in [4.69, 9.17) is 0 Å². The number of rotatable bonds is 3. The van der Waals surface area contributed by atoms with E-state index in [1.807, 2.05) is 25.1 Å². The fourth-order valence-electron chi connectivity index (χ4n) is 3.04. The number of benzene rings is 1. The zero-order valence-corrected chi connectivity index (χ0v) is 12.8. The van der Waals surface area contributed by atoms with Gasteiger partial charge in [-0.25, -0.2) is 4.98 Å². The van der Waals surface area contributed by atoms with Crippen molar-refractivity contribution in [3.63, 3.8) is 0 Å². The van der Waals surface area contributed by atoms with Gasteiger partial charge >= 0.3 is 6.18 Å². The summed E-state index contributed by atoms with van der Waals surface area (Å²) in [7, 11) is 0. The molecule has 1 N–H and O–H groups in total. The van der Waals surface area contributed by atoms with Crippen LogP contribution in [0.15, 0.2) is 18.2 Å². The maximum atomic E-state index is 12.3. The molecule has 1 aliphatic heterocycles. The van der Waals surface area contributed by atoms with E-state index in [1.165, 1.54) is 4.90 Å². The number of imidazole rings is 1. The van der Waals surface area contributed by atoms with Gasteiger partial charge in [-0.15, -0.1) is 0 Å². The van der Waals surface area contributed by atoms with Gasteiger partial charge in [0, 0.05) is 13.0 Å². The van der Waals surface area contributed by atoms with Crippen molar-refractivity contribution < 1.29 is 18.0 Å². The molecule has 124 valence electrons. The number of nitrogens with zero attached hydrogens (tertiary/aromatic N) is 2. The maximum absolute atomic E-state index is 12.3. The molecule has 1 fully saturated rings. The number of fused-ring (bicyclic) bond motifs is 1. The Morgan fingerprint density at radius 1 is 1.43 bits per heavy atom. The Morgan fingerprint density at radius 3 is 2.96 bits per heavy atom. The van der Waals surface area contributed by atoms with Crippen molar-refractivity contribution in [1.82, 2.24) is 14.9 Å². The third-order valence-corrected chi connectivity index (χ3v) is 4.17. The number of nitrogens with one attached hydrogen (secondary N) is 1. The smallest absolute Gasteiger partial charge is 0.340 e. The highest BCUT2D eigenvalue weighted by Crippen LogP contribution is 2.33. The summed E-state index contributed by atoms with van der Waals surface area (Å²) in [4.78, 5) is 21.4. The lowest BCUT2D eigenvalue weighted by molar-refractivity contribution is -0.149. The van der Waals surface area contributed by atoms with Crippen molar-refractivity contribution in [2.75, 3.05) is 6.54 Å². The standard InChI is InChI=1S/C16H18F3N3O/c1-10-4-5-11-12(9-10)21-15(20-11)13-3-2-8-22(13)14(23)6-7-16(17,18)19/h4-5,9,13H,2-3,6-8H2,1H3,(H,20,21). The highest BCUT2D eigenvalue weighted by Gasteiger charge is 2.34. The first-order chi connectivity index (χ1) is 10.8. The van der Waals surface area contributed by atoms with Crippen molar-refractivity contribution >= 4 is 16.9 Å². The summed E-state index contributed by atoms with van der Waals surface area (Å²) < 4.78 is 36.9. The molecule has 0 bridgehead atoms. The molecule has 1 aliphatic rings. The van der Waals surface area contributed by atoms with Crippen molar-refractivity contribution in [3.8, 4) is 0 Å². The van der Waals surface area contributed by atoms with E-state index in [0.717, 1.165) is 29.4 Å². The fourth-order valence-corrected chi connectivity index (χ4v) is 3.04. The number of carbonyl (C=O) groups excluding carboxylic acids is 1. The lowest BCUT2D eigenvalue weighted by Crippen LogP contribution is -2.31. The summed E-state index contributed by atoms with van der Waals surface area (Å²) in [6.45, 7) is 2.46. The second kappa shape index (κ2) is 5.86. The number of halogens is 3. The molecule has 3 rings (SSSR count). The van der Waals surface area contributed by atoms with Crippen molar-refractivity contribution in [2.24, 2.45) is 0 Å². The predicted octanol–water partition coefficient (Wildman–Crippen LogP) is 3.88. The molecule has 2 heterocycles. The van der Waals surface area contributed by atoms with E-state index in [9.17, 15) is 18.0 Å². The largest absolute Gasteiger partial charge is 0.389 e. The average molecular weight is 325 g/mol. The number of aromatic nitrogens is 2. The number of aromatic amines is 1. The lowest BCUT2D eigenvalue weighted by Gasteiger charge is -2.23. The van der Waals surface area contributed by atoms with Gasteiger partial charge in [0.05, 0.1) is 23.5 Å². The number of likely N-dealkylation sites (tertiary alicyclic amines) is 1. The molecule has 4 nitrogen and oxygen atoms in total. The van der Waals surface area contributed by atoms with Crippen molar-refractivity contribution in [1.29, 1.82) is 0 Å². The molecule has 0 saturated carbocycles. The summed E-state index contributed by atoms with van der Waals surface area (Å²) in [6.07, 6.45) is -4.38. The van der Waals surface area contributed by atoms with E-state index in [-0.39, 0.29) is 6.04 Å². The van der Waals surface area contributed by atoms with Crippen LogP contribution >= 0.6 is 0 Å². The maximum Gasteiger partial charge on any atom is 0.389 e. The van der Waals surface area contributed by atoms with Crippen LogP contribution in [0.5, 0.6) is 0 Å². The van der Waals surface area contributed by atoms with Crippen LogP contribution in [0.4, 0.5) is 13.2 Å². The summed E-state index contributed by atoms with van der Waals surface area (Å²) >= 11 is 0. The average Bonchev–Trinajstić information content (AvgIpc) is 3.09. The van der Waals surface area contributed by atoms with Crippen LogP contribution in [-0.2, 0) is 4.79 Å². The molecule has 1 atom stereocenters. The SMILES string of the molecule is Cc1ccc2nc(C3CCCN3C(=O)CCC(F)(F)F)[nH]c2c1. The number of carbonyl (C=O) groups is 1. The van der Waals surface area contributed by atoms with Crippen LogP contribution in [0.25, 0.3) is 11.0 Å². The topological polar surface area (TPSA) is 49.0 Å². The van der Waals surface area contributed by atoms with Gasteiger partial charge in [0.25, 0.3) is 0 Å². The van der Waals surface area contributed by atoms with Crippen LogP contribution in [-0.4, -0.2) is 33.5 Å². The van der Waals surface area contributed by atoms with Crippen LogP contribution < -0.4 is 0 Å². The molecule has 1 unspecified atom stereocenters. The number of H-pyrrole nitrogens is 1. The zero-order chi connectivity index (χ0) is 16.6. The highest BCUT2D eigenvalue weighted by atomic mass is 19.4. The lowest BCUT2D eigenvalue weighted by atomic mass is 10.2. The van der Waals surface area contributed by atoms with Gasteiger partial charge in [0.2, 0.25) is 5.91 Å². The molecule has 0 spiro atoms. The van der Waals surface area contributed by atoms with Gasteiger partial charge in [-0.1, -0.05) is 6.07 Å². The van der Waals surface area contributed by atoms with E-state index >= 15 is 0 Å². The Balaban J connectivity index is 1.78. The summed E-state index contributed by atoms with van der Waals surface area (Å²) in [5.41, 5.74) is 2.78. The number of hydrogen-bond acceptors (Lipinski definition) is 2. The fraction of sp³-hybridized carbons (Fsp3) is 0.500. The molecule has 1 aromatic carbocycles. The predicted molar refractivity (Wildman–Crippen MR) is 79.8 cm³/mol. The van der Waals surface area contributed by atoms with Crippen molar-refractivity contribution in [3.05, 3.63) is 29.6 Å². The van der Waals surface area contributed by atoms with E-state index in [0.29, 0.717) is 12.4 Å². The first-order valence-corrected chi connectivity index (χ1v) is 7.66. The van der Waals surface area contributed by atoms with Gasteiger partial charge in [-0.05, 0) is 37.5 Å². The van der Waals surface area contributed by atoms with E-state index < -0.39 is 24.9 Å². The minimum Gasteiger partial charge on any atom is -0.340 e. The third kappa shape index (κ3) is 3.48. The van der Waals surface area contributed by atoms with Crippen LogP contribution in [0, 0.1) is 6.92 Å². The Morgan fingerprint density at radius 2 is 2.22 bits per heavy atom. The molecule has 1 saturated heterocycles. The van der Waals surface area contributed by atoms with Gasteiger partial charge in [0.1, 0.15) is 5.82 Å². The molecule has 0 radical (unpaired) electrons. The monoisotopic (exact) mass is 325 g/mol. The van der Waals surface area contributed by atoms with Gasteiger partial charge in [0.15, 0.2) is 0 Å². The van der Waals surface area contributed by atoms with Gasteiger partial charge < -0.3 is 9.88 Å². The van der Waals surface area contributed by atoms with Crippen LogP contribution in [0.1, 0.15) is 43.1 Å². The molecular weight excluding hydrogens is 307 g/mol. The second-order valence-electron chi connectivity index (χ2n) is 6.00. The highest BCUT2D eigenvalue weighted by molar-refractivity contribution is 5.78. The number of hydrogen-bond donors (Lipinski definition) is 1.